The van der Waals surface area contributed by atoms with Gasteiger partial charge in [-0.3, -0.25) is 0 Å². The SMILES string of the molecule is [B]C1COC(CO)C(O)C1. The molecule has 56 valence electrons. The lowest BCUT2D eigenvalue weighted by Gasteiger charge is -2.30. The number of hydrogen-bond donors (Lipinski definition) is 2. The highest BCUT2D eigenvalue weighted by molar-refractivity contribution is 6.11. The number of hydrogen-bond acceptors (Lipinski definition) is 3. The van der Waals surface area contributed by atoms with Gasteiger partial charge >= 0.3 is 0 Å². The molecule has 0 aliphatic carbocycles. The van der Waals surface area contributed by atoms with E-state index in [9.17, 15) is 5.11 Å². The Morgan fingerprint density at radius 3 is 2.80 bits per heavy atom. The van der Waals surface area contributed by atoms with Crippen LogP contribution in [-0.2, 0) is 4.74 Å². The van der Waals surface area contributed by atoms with Gasteiger partial charge in [-0.2, -0.15) is 0 Å². The van der Waals surface area contributed by atoms with Gasteiger partial charge in [0.2, 0.25) is 0 Å². The summed E-state index contributed by atoms with van der Waals surface area (Å²) in [6, 6.07) is 0. The van der Waals surface area contributed by atoms with Crippen molar-refractivity contribution in [2.45, 2.75) is 24.4 Å². The van der Waals surface area contributed by atoms with E-state index in [1.165, 1.54) is 0 Å². The van der Waals surface area contributed by atoms with E-state index in [1.54, 1.807) is 0 Å². The summed E-state index contributed by atoms with van der Waals surface area (Å²) in [5, 5.41) is 17.8. The summed E-state index contributed by atoms with van der Waals surface area (Å²) in [4.78, 5) is 0. The fraction of sp³-hybridized carbons (Fsp3) is 1.00. The molecule has 0 amide bonds. The van der Waals surface area contributed by atoms with E-state index in [0.29, 0.717) is 13.0 Å². The molecule has 2 radical (unpaired) electrons. The van der Waals surface area contributed by atoms with E-state index in [2.05, 4.69) is 0 Å². The Morgan fingerprint density at radius 1 is 1.60 bits per heavy atom. The van der Waals surface area contributed by atoms with E-state index >= 15 is 0 Å². The van der Waals surface area contributed by atoms with Gasteiger partial charge in [0.05, 0.1) is 20.6 Å². The van der Waals surface area contributed by atoms with Crippen molar-refractivity contribution in [1.82, 2.24) is 0 Å². The largest absolute Gasteiger partial charge is 0.394 e. The number of ether oxygens (including phenoxy) is 1. The lowest BCUT2D eigenvalue weighted by Crippen LogP contribution is -2.39. The molecule has 0 aromatic carbocycles. The van der Waals surface area contributed by atoms with Crippen molar-refractivity contribution in [3.05, 3.63) is 0 Å². The molecule has 0 saturated carbocycles. The minimum Gasteiger partial charge on any atom is -0.394 e. The van der Waals surface area contributed by atoms with Gasteiger partial charge in [0.15, 0.2) is 0 Å². The van der Waals surface area contributed by atoms with Crippen LogP contribution in [0.1, 0.15) is 6.42 Å². The number of aliphatic hydroxyl groups excluding tert-OH is 2. The minimum absolute atomic E-state index is 0.0854. The topological polar surface area (TPSA) is 49.7 Å². The molecule has 0 aromatic rings. The Labute approximate surface area is 61.4 Å². The summed E-state index contributed by atoms with van der Waals surface area (Å²) in [5.41, 5.74) is 0. The van der Waals surface area contributed by atoms with Crippen molar-refractivity contribution >= 4 is 7.85 Å². The lowest BCUT2D eigenvalue weighted by atomic mass is 9.81. The summed E-state index contributed by atoms with van der Waals surface area (Å²) in [5.74, 6) is -0.0854. The summed E-state index contributed by atoms with van der Waals surface area (Å²) in [6.45, 7) is 0.302. The molecule has 0 bridgehead atoms. The van der Waals surface area contributed by atoms with Crippen LogP contribution in [0.3, 0.4) is 0 Å². The molecule has 1 aliphatic rings. The molecule has 1 fully saturated rings. The van der Waals surface area contributed by atoms with Gasteiger partial charge in [-0.25, -0.2) is 0 Å². The van der Waals surface area contributed by atoms with Crippen molar-refractivity contribution in [3.8, 4) is 0 Å². The van der Waals surface area contributed by atoms with E-state index < -0.39 is 12.2 Å². The Kier molecular flexibility index (Phi) is 2.71. The molecule has 3 unspecified atom stereocenters. The fourth-order valence-electron chi connectivity index (χ4n) is 1.06. The smallest absolute Gasteiger partial charge is 0.106 e. The van der Waals surface area contributed by atoms with E-state index in [0.717, 1.165) is 0 Å². The Hall–Kier alpha value is -0.0551. The van der Waals surface area contributed by atoms with Crippen LogP contribution in [0.4, 0.5) is 0 Å². The maximum absolute atomic E-state index is 9.17. The first-order chi connectivity index (χ1) is 4.74. The summed E-state index contributed by atoms with van der Waals surface area (Å²) < 4.78 is 5.03. The average Bonchev–Trinajstić information content (AvgIpc) is 1.88. The first kappa shape index (κ1) is 8.05. The maximum atomic E-state index is 9.17. The molecule has 0 spiro atoms. The standard InChI is InChI=1S/C6H11BO3/c7-4-1-5(9)6(2-8)10-3-4/h4-6,8-9H,1-3H2. The van der Waals surface area contributed by atoms with Crippen LogP contribution in [0.25, 0.3) is 0 Å². The maximum Gasteiger partial charge on any atom is 0.106 e. The van der Waals surface area contributed by atoms with Crippen molar-refractivity contribution < 1.29 is 14.9 Å². The van der Waals surface area contributed by atoms with Crippen molar-refractivity contribution in [3.63, 3.8) is 0 Å². The zero-order valence-corrected chi connectivity index (χ0v) is 5.73. The van der Waals surface area contributed by atoms with E-state index in [1.807, 2.05) is 0 Å². The Bertz CT molecular complexity index is 109. The van der Waals surface area contributed by atoms with Gasteiger partial charge < -0.3 is 14.9 Å². The van der Waals surface area contributed by atoms with Gasteiger partial charge in [-0.15, -0.1) is 0 Å². The predicted octanol–water partition coefficient (Wildman–Crippen LogP) is -0.915. The summed E-state index contributed by atoms with van der Waals surface area (Å²) in [6.07, 6.45) is -0.515. The van der Waals surface area contributed by atoms with Crippen LogP contribution in [-0.4, -0.2) is 43.5 Å². The van der Waals surface area contributed by atoms with Crippen molar-refractivity contribution in [2.24, 2.45) is 0 Å². The zero-order chi connectivity index (χ0) is 7.56. The molecular weight excluding hydrogens is 131 g/mol. The normalized spacial score (nSPS) is 41.6. The molecule has 3 nitrogen and oxygen atoms in total. The van der Waals surface area contributed by atoms with Crippen LogP contribution >= 0.6 is 0 Å². The van der Waals surface area contributed by atoms with Crippen LogP contribution in [0, 0.1) is 0 Å². The van der Waals surface area contributed by atoms with Gasteiger partial charge in [0.25, 0.3) is 0 Å². The van der Waals surface area contributed by atoms with E-state index in [-0.39, 0.29) is 12.4 Å². The van der Waals surface area contributed by atoms with Crippen LogP contribution < -0.4 is 0 Å². The van der Waals surface area contributed by atoms with Gasteiger partial charge in [-0.05, 0) is 6.42 Å². The Balaban J connectivity index is 2.36. The zero-order valence-electron chi connectivity index (χ0n) is 5.73. The Morgan fingerprint density at radius 2 is 2.30 bits per heavy atom. The third kappa shape index (κ3) is 1.72. The molecule has 3 atom stereocenters. The highest BCUT2D eigenvalue weighted by Crippen LogP contribution is 2.20. The molecule has 1 rings (SSSR count). The third-order valence-electron chi connectivity index (χ3n) is 1.68. The van der Waals surface area contributed by atoms with E-state index in [4.69, 9.17) is 17.7 Å². The monoisotopic (exact) mass is 142 g/mol. The van der Waals surface area contributed by atoms with Gasteiger partial charge in [0, 0.05) is 6.61 Å². The number of aliphatic hydroxyl groups is 2. The molecule has 0 aromatic heterocycles. The second-order valence-electron chi connectivity index (χ2n) is 2.62. The predicted molar refractivity (Wildman–Crippen MR) is 37.0 cm³/mol. The van der Waals surface area contributed by atoms with Crippen LogP contribution in [0.2, 0.25) is 5.82 Å². The van der Waals surface area contributed by atoms with Gasteiger partial charge in [-0.1, -0.05) is 5.82 Å². The first-order valence-electron chi connectivity index (χ1n) is 3.40. The second-order valence-corrected chi connectivity index (χ2v) is 2.62. The summed E-state index contributed by atoms with van der Waals surface area (Å²) >= 11 is 0. The molecule has 1 aliphatic heterocycles. The second kappa shape index (κ2) is 3.37. The van der Waals surface area contributed by atoms with Gasteiger partial charge in [0.1, 0.15) is 6.10 Å². The average molecular weight is 142 g/mol. The van der Waals surface area contributed by atoms with Crippen molar-refractivity contribution in [1.29, 1.82) is 0 Å². The highest BCUT2D eigenvalue weighted by atomic mass is 16.5. The minimum atomic E-state index is -0.603. The number of rotatable bonds is 1. The first-order valence-corrected chi connectivity index (χ1v) is 3.40. The quantitative estimate of drug-likeness (QED) is 0.465. The third-order valence-corrected chi connectivity index (χ3v) is 1.68. The van der Waals surface area contributed by atoms with Crippen LogP contribution in [0.5, 0.6) is 0 Å². The van der Waals surface area contributed by atoms with Crippen molar-refractivity contribution in [2.75, 3.05) is 13.2 Å². The molecule has 1 saturated heterocycles. The lowest BCUT2D eigenvalue weighted by molar-refractivity contribution is -0.0936. The molecular formula is C6H11BO3. The fourth-order valence-corrected chi connectivity index (χ4v) is 1.06. The molecule has 1 heterocycles. The molecule has 4 heteroatoms. The molecule has 10 heavy (non-hydrogen) atoms. The summed E-state index contributed by atoms with van der Waals surface area (Å²) in [7, 11) is 5.48. The van der Waals surface area contributed by atoms with Crippen LogP contribution in [0.15, 0.2) is 0 Å². The molecule has 2 N–H and O–H groups in total. The highest BCUT2D eigenvalue weighted by Gasteiger charge is 2.26.